The first-order valence-electron chi connectivity index (χ1n) is 6.66. The van der Waals surface area contributed by atoms with Crippen molar-refractivity contribution in [2.75, 3.05) is 0 Å². The third kappa shape index (κ3) is 2.40. The molecule has 8 heteroatoms. The van der Waals surface area contributed by atoms with Crippen molar-refractivity contribution in [2.45, 2.75) is 0 Å². The maximum atomic E-state index is 13.6. The van der Waals surface area contributed by atoms with Crippen LogP contribution in [0.4, 0.5) is 4.39 Å². The maximum absolute atomic E-state index is 13.6. The topological polar surface area (TPSA) is 69.4 Å². The predicted molar refractivity (Wildman–Crippen MR) is 82.7 cm³/mol. The highest BCUT2D eigenvalue weighted by atomic mass is 35.5. The average molecular weight is 327 g/mol. The summed E-state index contributed by atoms with van der Waals surface area (Å²) in [6, 6.07) is 9.46. The van der Waals surface area contributed by atoms with E-state index in [9.17, 15) is 4.39 Å². The minimum Gasteiger partial charge on any atom is -0.258 e. The van der Waals surface area contributed by atoms with E-state index in [1.54, 1.807) is 35.0 Å². The van der Waals surface area contributed by atoms with Gasteiger partial charge in [0.05, 0.1) is 6.20 Å². The molecule has 0 atom stereocenters. The molecule has 23 heavy (non-hydrogen) atoms. The Bertz CT molecular complexity index is 998. The quantitative estimate of drug-likeness (QED) is 0.566. The SMILES string of the molecule is Fc1cccc(-c2nc3cncnc3n2-c2ccc(Cl)nn2)c1. The molecule has 0 aliphatic carbocycles. The van der Waals surface area contributed by atoms with Crippen LogP contribution in [0.2, 0.25) is 5.15 Å². The summed E-state index contributed by atoms with van der Waals surface area (Å²) >= 11 is 5.80. The number of halogens is 2. The molecule has 0 bridgehead atoms. The van der Waals surface area contributed by atoms with Crippen molar-refractivity contribution in [1.82, 2.24) is 29.7 Å². The second-order valence-electron chi connectivity index (χ2n) is 4.73. The number of hydrogen-bond donors (Lipinski definition) is 0. The highest BCUT2D eigenvalue weighted by Gasteiger charge is 2.17. The first-order chi connectivity index (χ1) is 11.2. The first-order valence-corrected chi connectivity index (χ1v) is 7.04. The molecule has 0 saturated heterocycles. The summed E-state index contributed by atoms with van der Waals surface area (Å²) in [4.78, 5) is 12.7. The molecule has 6 nitrogen and oxygen atoms in total. The second kappa shape index (κ2) is 5.36. The Morgan fingerprint density at radius 2 is 2.00 bits per heavy atom. The molecule has 0 N–H and O–H groups in total. The minimum absolute atomic E-state index is 0.278. The Morgan fingerprint density at radius 1 is 1.09 bits per heavy atom. The van der Waals surface area contributed by atoms with Gasteiger partial charge in [-0.2, -0.15) is 0 Å². The molecule has 4 aromatic rings. The van der Waals surface area contributed by atoms with Gasteiger partial charge in [0.2, 0.25) is 0 Å². The lowest BCUT2D eigenvalue weighted by molar-refractivity contribution is 0.628. The zero-order chi connectivity index (χ0) is 15.8. The van der Waals surface area contributed by atoms with Crippen molar-refractivity contribution in [3.8, 4) is 17.2 Å². The lowest BCUT2D eigenvalue weighted by atomic mass is 10.2. The number of benzene rings is 1. The van der Waals surface area contributed by atoms with Gasteiger partial charge in [-0.1, -0.05) is 23.7 Å². The van der Waals surface area contributed by atoms with Gasteiger partial charge in [-0.25, -0.2) is 19.3 Å². The summed E-state index contributed by atoms with van der Waals surface area (Å²) in [5.74, 6) is 0.626. The summed E-state index contributed by atoms with van der Waals surface area (Å²) in [6.45, 7) is 0. The van der Waals surface area contributed by atoms with Crippen LogP contribution in [-0.2, 0) is 0 Å². The number of nitrogens with zero attached hydrogens (tertiary/aromatic N) is 6. The molecule has 112 valence electrons. The molecule has 0 fully saturated rings. The van der Waals surface area contributed by atoms with Crippen LogP contribution in [0.3, 0.4) is 0 Å². The highest BCUT2D eigenvalue weighted by molar-refractivity contribution is 6.29. The molecule has 3 aromatic heterocycles. The van der Waals surface area contributed by atoms with Crippen molar-refractivity contribution in [3.63, 3.8) is 0 Å². The van der Waals surface area contributed by atoms with Crippen LogP contribution in [-0.4, -0.2) is 29.7 Å². The molecule has 3 heterocycles. The van der Waals surface area contributed by atoms with Crippen molar-refractivity contribution >= 4 is 22.8 Å². The number of imidazole rings is 1. The van der Waals surface area contributed by atoms with E-state index in [0.717, 1.165) is 0 Å². The van der Waals surface area contributed by atoms with Gasteiger partial charge in [-0.15, -0.1) is 10.2 Å². The number of aromatic nitrogens is 6. The van der Waals surface area contributed by atoms with E-state index in [4.69, 9.17) is 11.6 Å². The Morgan fingerprint density at radius 3 is 2.78 bits per heavy atom. The van der Waals surface area contributed by atoms with Crippen molar-refractivity contribution in [3.05, 3.63) is 59.9 Å². The fourth-order valence-corrected chi connectivity index (χ4v) is 2.40. The van der Waals surface area contributed by atoms with Gasteiger partial charge in [0, 0.05) is 5.56 Å². The van der Waals surface area contributed by atoms with Crippen LogP contribution in [0.5, 0.6) is 0 Å². The van der Waals surface area contributed by atoms with E-state index < -0.39 is 0 Å². The van der Waals surface area contributed by atoms with Gasteiger partial charge in [0.15, 0.2) is 16.6 Å². The van der Waals surface area contributed by atoms with Crippen LogP contribution < -0.4 is 0 Å². The van der Waals surface area contributed by atoms with Gasteiger partial charge < -0.3 is 0 Å². The Balaban J connectivity index is 2.04. The molecule has 0 amide bonds. The molecule has 1 aromatic carbocycles. The standard InChI is InChI=1S/C15H8ClFN6/c16-12-4-5-13(22-21-12)23-14(9-2-1-3-10(17)6-9)20-11-7-18-8-19-15(11)23/h1-8H. The third-order valence-corrected chi connectivity index (χ3v) is 3.45. The van der Waals surface area contributed by atoms with Gasteiger partial charge in [0.1, 0.15) is 23.5 Å². The van der Waals surface area contributed by atoms with E-state index in [-0.39, 0.29) is 11.0 Å². The van der Waals surface area contributed by atoms with E-state index in [0.29, 0.717) is 28.4 Å². The number of rotatable bonds is 2. The van der Waals surface area contributed by atoms with Crippen LogP contribution in [0.15, 0.2) is 48.9 Å². The smallest absolute Gasteiger partial charge is 0.169 e. The lowest BCUT2D eigenvalue weighted by Gasteiger charge is -2.07. The lowest BCUT2D eigenvalue weighted by Crippen LogP contribution is -2.02. The largest absolute Gasteiger partial charge is 0.258 e. The van der Waals surface area contributed by atoms with E-state index in [1.165, 1.54) is 18.5 Å². The Kier molecular flexibility index (Phi) is 3.20. The summed E-state index contributed by atoms with van der Waals surface area (Å²) in [7, 11) is 0. The number of hydrogen-bond acceptors (Lipinski definition) is 5. The Hall–Kier alpha value is -2.93. The van der Waals surface area contributed by atoms with Gasteiger partial charge in [0.25, 0.3) is 0 Å². The molecule has 0 radical (unpaired) electrons. The van der Waals surface area contributed by atoms with Crippen molar-refractivity contribution in [1.29, 1.82) is 0 Å². The van der Waals surface area contributed by atoms with E-state index >= 15 is 0 Å². The second-order valence-corrected chi connectivity index (χ2v) is 5.11. The minimum atomic E-state index is -0.352. The molecule has 0 spiro atoms. The monoisotopic (exact) mass is 326 g/mol. The van der Waals surface area contributed by atoms with Gasteiger partial charge >= 0.3 is 0 Å². The number of fused-ring (bicyclic) bond motifs is 1. The normalized spacial score (nSPS) is 11.0. The molecule has 0 aliphatic rings. The zero-order valence-corrected chi connectivity index (χ0v) is 12.3. The zero-order valence-electron chi connectivity index (χ0n) is 11.6. The predicted octanol–water partition coefficient (Wildman–Crippen LogP) is 3.07. The Labute approximate surface area is 134 Å². The summed E-state index contributed by atoms with van der Waals surface area (Å²) in [5.41, 5.74) is 1.72. The summed E-state index contributed by atoms with van der Waals surface area (Å²) in [5, 5.41) is 8.19. The van der Waals surface area contributed by atoms with Crippen LogP contribution in [0, 0.1) is 5.82 Å². The average Bonchev–Trinajstić information content (AvgIpc) is 2.95. The fourth-order valence-electron chi connectivity index (χ4n) is 2.30. The first kappa shape index (κ1) is 13.7. The van der Waals surface area contributed by atoms with Crippen LogP contribution in [0.1, 0.15) is 0 Å². The third-order valence-electron chi connectivity index (χ3n) is 3.25. The summed E-state index contributed by atoms with van der Waals surface area (Å²) < 4.78 is 15.3. The fraction of sp³-hybridized carbons (Fsp3) is 0. The van der Waals surface area contributed by atoms with Gasteiger partial charge in [-0.3, -0.25) is 4.57 Å². The van der Waals surface area contributed by atoms with Crippen LogP contribution in [0.25, 0.3) is 28.4 Å². The van der Waals surface area contributed by atoms with Gasteiger partial charge in [-0.05, 0) is 24.3 Å². The molecular formula is C15H8ClFN6. The van der Waals surface area contributed by atoms with Crippen molar-refractivity contribution in [2.24, 2.45) is 0 Å². The molecule has 0 aliphatic heterocycles. The summed E-state index contributed by atoms with van der Waals surface area (Å²) in [6.07, 6.45) is 3.00. The molecule has 0 saturated carbocycles. The molecule has 0 unspecified atom stereocenters. The molecular weight excluding hydrogens is 319 g/mol. The molecule has 4 rings (SSSR count). The maximum Gasteiger partial charge on any atom is 0.169 e. The highest BCUT2D eigenvalue weighted by Crippen LogP contribution is 2.26. The van der Waals surface area contributed by atoms with E-state index in [1.807, 2.05) is 0 Å². The van der Waals surface area contributed by atoms with Crippen molar-refractivity contribution < 1.29 is 4.39 Å². The van der Waals surface area contributed by atoms with E-state index in [2.05, 4.69) is 25.1 Å². The van der Waals surface area contributed by atoms with Crippen LogP contribution >= 0.6 is 11.6 Å².